The molecule has 4 heterocycles. The third-order valence-electron chi connectivity index (χ3n) is 3.22. The average Bonchev–Trinajstić information content (AvgIpc) is 3.32. The van der Waals surface area contributed by atoms with Gasteiger partial charge in [0.25, 0.3) is 5.91 Å². The highest BCUT2D eigenvalue weighted by Gasteiger charge is 2.13. The first-order chi connectivity index (χ1) is 11.3. The Balaban J connectivity index is 1.46. The summed E-state index contributed by atoms with van der Waals surface area (Å²) in [5.41, 5.74) is 1.01. The van der Waals surface area contributed by atoms with Gasteiger partial charge in [0.2, 0.25) is 10.7 Å². The van der Waals surface area contributed by atoms with Gasteiger partial charge in [0.05, 0.1) is 16.8 Å². The number of rotatable bonds is 5. The Labute approximate surface area is 138 Å². The molecule has 0 aliphatic rings. The fourth-order valence-electron chi connectivity index (χ4n) is 2.13. The quantitative estimate of drug-likeness (QED) is 0.600. The van der Waals surface area contributed by atoms with Crippen molar-refractivity contribution in [3.63, 3.8) is 0 Å². The lowest BCUT2D eigenvalue weighted by Gasteiger charge is -2.01. The predicted octanol–water partition coefficient (Wildman–Crippen LogP) is 2.48. The third-order valence-corrected chi connectivity index (χ3v) is 4.95. The molecule has 4 rings (SSSR count). The van der Waals surface area contributed by atoms with Crippen LogP contribution in [0.15, 0.2) is 39.7 Å². The first kappa shape index (κ1) is 14.1. The van der Waals surface area contributed by atoms with Crippen LogP contribution in [0.1, 0.15) is 16.2 Å². The van der Waals surface area contributed by atoms with E-state index in [2.05, 4.69) is 20.6 Å². The van der Waals surface area contributed by atoms with Gasteiger partial charge in [-0.25, -0.2) is 4.52 Å². The number of carbonyl (C=O) groups is 1. The molecule has 4 aromatic heterocycles. The minimum absolute atomic E-state index is 0.209. The number of hydrogen-bond donors (Lipinski definition) is 1. The summed E-state index contributed by atoms with van der Waals surface area (Å²) in [4.78, 5) is 18.2. The Kier molecular flexibility index (Phi) is 3.64. The number of amides is 1. The second kappa shape index (κ2) is 5.94. The number of nitrogens with zero attached hydrogens (tertiary/aromatic N) is 4. The molecule has 0 atom stereocenters. The molecular formula is C14H11N5O2S2. The van der Waals surface area contributed by atoms with Gasteiger partial charge in [0.1, 0.15) is 0 Å². The van der Waals surface area contributed by atoms with Crippen LogP contribution < -0.4 is 5.32 Å². The van der Waals surface area contributed by atoms with Crippen molar-refractivity contribution in [2.45, 2.75) is 6.42 Å². The SMILES string of the molecule is O=C(NCCc1csc2nc(-c3cccs3)nn12)c1ccno1. The molecule has 0 fully saturated rings. The van der Waals surface area contributed by atoms with E-state index in [4.69, 9.17) is 4.52 Å². The van der Waals surface area contributed by atoms with Crippen molar-refractivity contribution < 1.29 is 9.32 Å². The molecule has 116 valence electrons. The lowest BCUT2D eigenvalue weighted by molar-refractivity contribution is 0.0917. The van der Waals surface area contributed by atoms with Gasteiger partial charge in [-0.3, -0.25) is 4.79 Å². The van der Waals surface area contributed by atoms with E-state index in [1.807, 2.05) is 27.4 Å². The lowest BCUT2D eigenvalue weighted by atomic mass is 10.3. The minimum Gasteiger partial charge on any atom is -0.351 e. The van der Waals surface area contributed by atoms with Crippen LogP contribution in [0, 0.1) is 0 Å². The monoisotopic (exact) mass is 345 g/mol. The van der Waals surface area contributed by atoms with Crippen molar-refractivity contribution in [2.24, 2.45) is 0 Å². The minimum atomic E-state index is -0.271. The summed E-state index contributed by atoms with van der Waals surface area (Å²) < 4.78 is 6.65. The second-order valence-corrected chi connectivity index (χ2v) is 6.50. The molecular weight excluding hydrogens is 334 g/mol. The molecule has 1 N–H and O–H groups in total. The zero-order valence-electron chi connectivity index (χ0n) is 11.8. The van der Waals surface area contributed by atoms with Crippen molar-refractivity contribution in [1.82, 2.24) is 25.1 Å². The van der Waals surface area contributed by atoms with E-state index >= 15 is 0 Å². The smallest absolute Gasteiger partial charge is 0.289 e. The normalized spacial score (nSPS) is 11.1. The maximum absolute atomic E-state index is 11.8. The Morgan fingerprint density at radius 3 is 3.09 bits per heavy atom. The number of nitrogens with one attached hydrogen (secondary N) is 1. The topological polar surface area (TPSA) is 85.3 Å². The molecule has 9 heteroatoms. The van der Waals surface area contributed by atoms with Crippen LogP contribution in [-0.2, 0) is 6.42 Å². The molecule has 0 aliphatic carbocycles. The molecule has 0 radical (unpaired) electrons. The lowest BCUT2D eigenvalue weighted by Crippen LogP contribution is -2.25. The van der Waals surface area contributed by atoms with Gasteiger partial charge >= 0.3 is 0 Å². The fraction of sp³-hybridized carbons (Fsp3) is 0.143. The Morgan fingerprint density at radius 1 is 1.35 bits per heavy atom. The second-order valence-electron chi connectivity index (χ2n) is 4.72. The summed E-state index contributed by atoms with van der Waals surface area (Å²) in [6.45, 7) is 0.486. The van der Waals surface area contributed by atoms with Crippen LogP contribution >= 0.6 is 22.7 Å². The van der Waals surface area contributed by atoms with Gasteiger partial charge in [0.15, 0.2) is 5.82 Å². The molecule has 0 aromatic carbocycles. The van der Waals surface area contributed by atoms with E-state index in [1.165, 1.54) is 12.3 Å². The molecule has 0 spiro atoms. The van der Waals surface area contributed by atoms with Crippen molar-refractivity contribution in [3.8, 4) is 10.7 Å². The van der Waals surface area contributed by atoms with Crippen molar-refractivity contribution in [2.75, 3.05) is 6.54 Å². The van der Waals surface area contributed by atoms with E-state index in [1.54, 1.807) is 22.7 Å². The van der Waals surface area contributed by atoms with E-state index in [-0.39, 0.29) is 11.7 Å². The Hall–Kier alpha value is -2.52. The van der Waals surface area contributed by atoms with Crippen molar-refractivity contribution in [3.05, 3.63) is 46.6 Å². The molecule has 4 aromatic rings. The molecule has 0 aliphatic heterocycles. The first-order valence-corrected chi connectivity index (χ1v) is 8.63. The zero-order valence-corrected chi connectivity index (χ0v) is 13.4. The van der Waals surface area contributed by atoms with E-state index in [0.717, 1.165) is 21.4 Å². The highest BCUT2D eigenvalue weighted by Crippen LogP contribution is 2.24. The first-order valence-electron chi connectivity index (χ1n) is 6.87. The summed E-state index contributed by atoms with van der Waals surface area (Å²) in [5, 5.41) is 14.9. The summed E-state index contributed by atoms with van der Waals surface area (Å²) in [6, 6.07) is 5.51. The van der Waals surface area contributed by atoms with Gasteiger partial charge in [-0.1, -0.05) is 11.2 Å². The summed E-state index contributed by atoms with van der Waals surface area (Å²) in [5.74, 6) is 0.673. The van der Waals surface area contributed by atoms with Crippen molar-refractivity contribution in [1.29, 1.82) is 0 Å². The Bertz CT molecular complexity index is 924. The molecule has 0 saturated heterocycles. The maximum atomic E-state index is 11.8. The number of thiophene rings is 1. The van der Waals surface area contributed by atoms with E-state index in [9.17, 15) is 4.79 Å². The van der Waals surface area contributed by atoms with Crippen LogP contribution in [0.2, 0.25) is 0 Å². The molecule has 7 nitrogen and oxygen atoms in total. The number of thiazole rings is 1. The maximum Gasteiger partial charge on any atom is 0.289 e. The highest BCUT2D eigenvalue weighted by molar-refractivity contribution is 7.15. The number of carbonyl (C=O) groups excluding carboxylic acids is 1. The third kappa shape index (κ3) is 2.76. The van der Waals surface area contributed by atoms with Crippen LogP contribution in [0.5, 0.6) is 0 Å². The van der Waals surface area contributed by atoms with Gasteiger partial charge in [-0.2, -0.15) is 4.98 Å². The molecule has 1 amide bonds. The zero-order chi connectivity index (χ0) is 15.6. The summed E-state index contributed by atoms with van der Waals surface area (Å²) in [6.07, 6.45) is 2.10. The van der Waals surface area contributed by atoms with E-state index < -0.39 is 0 Å². The largest absolute Gasteiger partial charge is 0.351 e. The summed E-state index contributed by atoms with van der Waals surface area (Å²) in [7, 11) is 0. The highest BCUT2D eigenvalue weighted by atomic mass is 32.1. The summed E-state index contributed by atoms with van der Waals surface area (Å²) >= 11 is 3.16. The van der Waals surface area contributed by atoms with Crippen molar-refractivity contribution >= 4 is 33.5 Å². The van der Waals surface area contributed by atoms with Crippen LogP contribution in [0.3, 0.4) is 0 Å². The molecule has 0 unspecified atom stereocenters. The van der Waals surface area contributed by atoms with Gasteiger partial charge in [0, 0.05) is 24.4 Å². The van der Waals surface area contributed by atoms with Gasteiger partial charge in [-0.05, 0) is 11.4 Å². The van der Waals surface area contributed by atoms with Crippen LogP contribution in [-0.4, -0.2) is 32.2 Å². The number of fused-ring (bicyclic) bond motifs is 1. The molecule has 23 heavy (non-hydrogen) atoms. The fourth-order valence-corrected chi connectivity index (χ4v) is 3.64. The van der Waals surface area contributed by atoms with Gasteiger partial charge < -0.3 is 9.84 Å². The number of hydrogen-bond acceptors (Lipinski definition) is 7. The van der Waals surface area contributed by atoms with E-state index in [0.29, 0.717) is 13.0 Å². The predicted molar refractivity (Wildman–Crippen MR) is 86.7 cm³/mol. The van der Waals surface area contributed by atoms with Crippen LogP contribution in [0.25, 0.3) is 15.7 Å². The average molecular weight is 345 g/mol. The van der Waals surface area contributed by atoms with Crippen LogP contribution in [0.4, 0.5) is 0 Å². The molecule has 0 saturated carbocycles. The molecule has 0 bridgehead atoms. The van der Waals surface area contributed by atoms with Gasteiger partial charge in [-0.15, -0.1) is 27.8 Å². The standard InChI is InChI=1S/C14H11N5O2S2/c20-13(10-4-6-16-21-10)15-5-3-9-8-23-14-17-12(18-19(9)14)11-2-1-7-22-11/h1-2,4,6-8H,3,5H2,(H,15,20). The Morgan fingerprint density at radius 2 is 2.30 bits per heavy atom. The number of aromatic nitrogens is 4.